The molecule has 4 nitrogen and oxygen atoms in total. The summed E-state index contributed by atoms with van der Waals surface area (Å²) < 4.78 is 38.5. The minimum absolute atomic E-state index is 0.0745. The van der Waals surface area contributed by atoms with E-state index in [1.54, 1.807) is 6.07 Å². The summed E-state index contributed by atoms with van der Waals surface area (Å²) >= 11 is 0. The average molecular weight is 285 g/mol. The zero-order chi connectivity index (χ0) is 15.2. The highest BCUT2D eigenvalue weighted by molar-refractivity contribution is 5.91. The van der Waals surface area contributed by atoms with Gasteiger partial charge in [0.15, 0.2) is 0 Å². The second-order valence-electron chi connectivity index (χ2n) is 4.02. The van der Waals surface area contributed by atoms with Gasteiger partial charge < -0.3 is 10.6 Å². The number of alkyl halides is 3. The number of anilines is 1. The lowest BCUT2D eigenvalue weighted by Crippen LogP contribution is -2.22. The van der Waals surface area contributed by atoms with Gasteiger partial charge in [0.2, 0.25) is 5.91 Å². The third-order valence-corrected chi connectivity index (χ3v) is 2.51. The Balaban J connectivity index is 2.89. The molecule has 0 bridgehead atoms. The fourth-order valence-electron chi connectivity index (χ4n) is 1.55. The van der Waals surface area contributed by atoms with Gasteiger partial charge in [0.25, 0.3) is 0 Å². The van der Waals surface area contributed by atoms with Gasteiger partial charge >= 0.3 is 6.18 Å². The van der Waals surface area contributed by atoms with Crippen LogP contribution in [0.3, 0.4) is 0 Å². The van der Waals surface area contributed by atoms with Gasteiger partial charge in [-0.25, -0.2) is 0 Å². The maximum Gasteiger partial charge on any atom is 0.418 e. The van der Waals surface area contributed by atoms with Crippen LogP contribution in [0.2, 0.25) is 0 Å². The predicted octanol–water partition coefficient (Wildman–Crippen LogP) is 2.52. The molecule has 1 aromatic carbocycles. The number of halogens is 3. The summed E-state index contributed by atoms with van der Waals surface area (Å²) in [6, 6.07) is 4.68. The van der Waals surface area contributed by atoms with E-state index in [4.69, 9.17) is 5.26 Å². The molecule has 108 valence electrons. The molecule has 0 aliphatic carbocycles. The zero-order valence-electron chi connectivity index (χ0n) is 10.8. The average Bonchev–Trinajstić information content (AvgIpc) is 2.38. The number of amides is 1. The number of hydrogen-bond acceptors (Lipinski definition) is 3. The summed E-state index contributed by atoms with van der Waals surface area (Å²) in [6.07, 6.45) is -4.55. The Morgan fingerprint density at radius 1 is 1.40 bits per heavy atom. The molecule has 0 aliphatic heterocycles. The molecule has 7 heteroatoms. The Labute approximate surface area is 114 Å². The monoisotopic (exact) mass is 285 g/mol. The van der Waals surface area contributed by atoms with Crippen LogP contribution in [0.1, 0.15) is 24.5 Å². The van der Waals surface area contributed by atoms with Crippen molar-refractivity contribution in [1.82, 2.24) is 5.32 Å². The quantitative estimate of drug-likeness (QED) is 0.817. The molecule has 0 unspecified atom stereocenters. The minimum Gasteiger partial charge on any atom is -0.325 e. The van der Waals surface area contributed by atoms with Crippen molar-refractivity contribution in [1.29, 1.82) is 5.26 Å². The highest BCUT2D eigenvalue weighted by atomic mass is 19.4. The molecule has 2 N–H and O–H groups in total. The van der Waals surface area contributed by atoms with Crippen molar-refractivity contribution in [3.05, 3.63) is 29.3 Å². The van der Waals surface area contributed by atoms with Crippen LogP contribution in [0.5, 0.6) is 0 Å². The topological polar surface area (TPSA) is 64.9 Å². The molecule has 0 radical (unpaired) electrons. The number of carbonyl (C=O) groups excluding carboxylic acids is 1. The molecule has 0 aliphatic rings. The van der Waals surface area contributed by atoms with Crippen molar-refractivity contribution in [2.75, 3.05) is 18.4 Å². The van der Waals surface area contributed by atoms with Crippen LogP contribution in [-0.2, 0) is 11.0 Å². The van der Waals surface area contributed by atoms with Gasteiger partial charge in [0.1, 0.15) is 0 Å². The van der Waals surface area contributed by atoms with Crippen LogP contribution in [0.4, 0.5) is 18.9 Å². The van der Waals surface area contributed by atoms with Gasteiger partial charge in [0.05, 0.1) is 22.9 Å². The Morgan fingerprint density at radius 3 is 2.65 bits per heavy atom. The summed E-state index contributed by atoms with van der Waals surface area (Å²) in [4.78, 5) is 11.5. The predicted molar refractivity (Wildman–Crippen MR) is 67.9 cm³/mol. The number of rotatable bonds is 5. The summed E-state index contributed by atoms with van der Waals surface area (Å²) in [5.41, 5.74) is -1.46. The molecule has 0 atom stereocenters. The van der Waals surface area contributed by atoms with E-state index in [0.29, 0.717) is 13.1 Å². The van der Waals surface area contributed by atoms with Crippen molar-refractivity contribution in [2.45, 2.75) is 19.5 Å². The fourth-order valence-corrected chi connectivity index (χ4v) is 1.55. The SMILES string of the molecule is CCNCCC(=O)Nc1ccc(C#N)cc1C(F)(F)F. The maximum atomic E-state index is 12.8. The molecular weight excluding hydrogens is 271 g/mol. The van der Waals surface area contributed by atoms with Crippen molar-refractivity contribution in [3.63, 3.8) is 0 Å². The molecule has 1 aromatic rings. The minimum atomic E-state index is -4.63. The molecule has 0 saturated carbocycles. The van der Waals surface area contributed by atoms with Crippen molar-refractivity contribution >= 4 is 11.6 Å². The Morgan fingerprint density at radius 2 is 2.10 bits per heavy atom. The molecule has 20 heavy (non-hydrogen) atoms. The highest BCUT2D eigenvalue weighted by Crippen LogP contribution is 2.35. The van der Waals surface area contributed by atoms with Crippen molar-refractivity contribution in [2.24, 2.45) is 0 Å². The highest BCUT2D eigenvalue weighted by Gasteiger charge is 2.34. The van der Waals surface area contributed by atoms with Gasteiger partial charge in [-0.3, -0.25) is 4.79 Å². The van der Waals surface area contributed by atoms with Crippen LogP contribution < -0.4 is 10.6 Å². The van der Waals surface area contributed by atoms with Gasteiger partial charge in [-0.2, -0.15) is 18.4 Å². The van der Waals surface area contributed by atoms with Gasteiger partial charge in [-0.1, -0.05) is 6.92 Å². The molecule has 0 aromatic heterocycles. The number of nitrogens with one attached hydrogen (secondary N) is 2. The lowest BCUT2D eigenvalue weighted by Gasteiger charge is -2.14. The number of carbonyl (C=O) groups is 1. The van der Waals surface area contributed by atoms with Crippen molar-refractivity contribution in [3.8, 4) is 6.07 Å². The first-order valence-electron chi connectivity index (χ1n) is 6.00. The summed E-state index contributed by atoms with van der Waals surface area (Å²) in [7, 11) is 0. The number of benzene rings is 1. The Kier molecular flexibility index (Phi) is 5.53. The summed E-state index contributed by atoms with van der Waals surface area (Å²) in [5.74, 6) is -0.513. The van der Waals surface area contributed by atoms with E-state index in [9.17, 15) is 18.0 Å². The van der Waals surface area contributed by atoms with E-state index in [-0.39, 0.29) is 17.7 Å². The van der Waals surface area contributed by atoms with E-state index < -0.39 is 17.6 Å². The van der Waals surface area contributed by atoms with Crippen LogP contribution in [0.25, 0.3) is 0 Å². The third-order valence-electron chi connectivity index (χ3n) is 2.51. The van der Waals surface area contributed by atoms with Gasteiger partial charge in [-0.05, 0) is 24.7 Å². The summed E-state index contributed by atoms with van der Waals surface area (Å²) in [6.45, 7) is 2.93. The lowest BCUT2D eigenvalue weighted by atomic mass is 10.1. The number of hydrogen-bond donors (Lipinski definition) is 2. The van der Waals surface area contributed by atoms with Crippen LogP contribution >= 0.6 is 0 Å². The molecule has 0 fully saturated rings. The van der Waals surface area contributed by atoms with Crippen molar-refractivity contribution < 1.29 is 18.0 Å². The van der Waals surface area contributed by atoms with Crippen LogP contribution in [0, 0.1) is 11.3 Å². The zero-order valence-corrected chi connectivity index (χ0v) is 10.8. The summed E-state index contributed by atoms with van der Waals surface area (Å²) in [5, 5.41) is 13.8. The number of nitriles is 1. The Bertz CT molecular complexity index is 521. The largest absolute Gasteiger partial charge is 0.418 e. The maximum absolute atomic E-state index is 12.8. The molecule has 1 amide bonds. The molecule has 0 heterocycles. The lowest BCUT2D eigenvalue weighted by molar-refractivity contribution is -0.137. The second-order valence-corrected chi connectivity index (χ2v) is 4.02. The first-order chi connectivity index (χ1) is 9.38. The molecule has 1 rings (SSSR count). The Hall–Kier alpha value is -2.07. The fraction of sp³-hybridized carbons (Fsp3) is 0.385. The van der Waals surface area contributed by atoms with Gasteiger partial charge in [-0.15, -0.1) is 0 Å². The second kappa shape index (κ2) is 6.91. The van der Waals surface area contributed by atoms with E-state index >= 15 is 0 Å². The van der Waals surface area contributed by atoms with Crippen LogP contribution in [-0.4, -0.2) is 19.0 Å². The molecule has 0 spiro atoms. The normalized spacial score (nSPS) is 10.9. The van der Waals surface area contributed by atoms with Gasteiger partial charge in [0, 0.05) is 13.0 Å². The van der Waals surface area contributed by atoms with E-state index in [1.165, 1.54) is 6.07 Å². The number of nitrogens with zero attached hydrogens (tertiary/aromatic N) is 1. The first-order valence-corrected chi connectivity index (χ1v) is 6.00. The smallest absolute Gasteiger partial charge is 0.325 e. The van der Waals surface area contributed by atoms with Crippen LogP contribution in [0.15, 0.2) is 18.2 Å². The van der Waals surface area contributed by atoms with E-state index in [2.05, 4.69) is 10.6 Å². The third kappa shape index (κ3) is 4.55. The van der Waals surface area contributed by atoms with E-state index in [0.717, 1.165) is 12.1 Å². The first kappa shape index (κ1) is 16.0. The van der Waals surface area contributed by atoms with E-state index in [1.807, 2.05) is 6.92 Å². The molecular formula is C13H14F3N3O. The standard InChI is InChI=1S/C13H14F3N3O/c1-2-18-6-5-12(20)19-11-4-3-9(8-17)7-10(11)13(14,15)16/h3-4,7,18H,2,5-6H2,1H3,(H,19,20). The molecule has 0 saturated heterocycles.